The Labute approximate surface area is 145 Å². The fourth-order valence-corrected chi connectivity index (χ4v) is 4.93. The van der Waals surface area contributed by atoms with Crippen molar-refractivity contribution in [1.82, 2.24) is 0 Å². The lowest BCUT2D eigenvalue weighted by molar-refractivity contribution is 0.175. The number of carbonyl (C=O) groups excluding carboxylic acids is 1. The lowest BCUT2D eigenvalue weighted by atomic mass is 9.94. The van der Waals surface area contributed by atoms with E-state index in [1.54, 1.807) is 4.90 Å². The van der Waals surface area contributed by atoms with Gasteiger partial charge in [0.1, 0.15) is 0 Å². The van der Waals surface area contributed by atoms with E-state index in [9.17, 15) is 9.00 Å². The van der Waals surface area contributed by atoms with Crippen LogP contribution in [-0.4, -0.2) is 41.0 Å². The number of anilines is 3. The van der Waals surface area contributed by atoms with Crippen LogP contribution in [0.15, 0.2) is 12.1 Å². The van der Waals surface area contributed by atoms with Crippen molar-refractivity contribution in [2.75, 3.05) is 34.6 Å². The minimum Gasteiger partial charge on any atom is -0.452 e. The van der Waals surface area contributed by atoms with Gasteiger partial charge in [-0.25, -0.2) is 4.79 Å². The second kappa shape index (κ2) is 7.01. The van der Waals surface area contributed by atoms with E-state index in [4.69, 9.17) is 10.5 Å². The molecule has 24 heavy (non-hydrogen) atoms. The predicted molar refractivity (Wildman–Crippen MR) is 98.0 cm³/mol. The number of nitrogens with zero attached hydrogens (tertiary/aromatic N) is 1. The fourth-order valence-electron chi connectivity index (χ4n) is 3.58. The number of hydrogen-bond acceptors (Lipinski definition) is 5. The first-order valence-corrected chi connectivity index (χ1v) is 9.90. The Kier molecular flexibility index (Phi) is 4.99. The molecule has 1 saturated heterocycles. The summed E-state index contributed by atoms with van der Waals surface area (Å²) in [7, 11) is 0.651. The zero-order chi connectivity index (χ0) is 17.3. The molecule has 3 unspecified atom stereocenters. The molecule has 7 heteroatoms. The van der Waals surface area contributed by atoms with Gasteiger partial charge in [0, 0.05) is 40.0 Å². The molecule has 0 saturated carbocycles. The number of nitrogen functional groups attached to an aromatic ring is 1. The molecular formula is C17H25N3O3S. The molecule has 2 aliphatic heterocycles. The third-order valence-electron chi connectivity index (χ3n) is 4.89. The van der Waals surface area contributed by atoms with Crippen molar-refractivity contribution in [1.29, 1.82) is 0 Å². The van der Waals surface area contributed by atoms with Gasteiger partial charge in [-0.05, 0) is 44.7 Å². The highest BCUT2D eigenvalue weighted by Gasteiger charge is 2.31. The Morgan fingerprint density at radius 2 is 2.21 bits per heavy atom. The van der Waals surface area contributed by atoms with Crippen molar-refractivity contribution in [2.24, 2.45) is 0 Å². The van der Waals surface area contributed by atoms with Crippen molar-refractivity contribution in [2.45, 2.75) is 44.7 Å². The van der Waals surface area contributed by atoms with E-state index in [2.05, 4.69) is 5.32 Å². The Morgan fingerprint density at radius 3 is 2.92 bits per heavy atom. The van der Waals surface area contributed by atoms with Crippen molar-refractivity contribution in [3.8, 4) is 0 Å². The van der Waals surface area contributed by atoms with Gasteiger partial charge in [0.2, 0.25) is 0 Å². The molecule has 2 aliphatic rings. The first kappa shape index (κ1) is 17.1. The zero-order valence-electron chi connectivity index (χ0n) is 14.2. The van der Waals surface area contributed by atoms with Crippen LogP contribution in [0.3, 0.4) is 0 Å². The summed E-state index contributed by atoms with van der Waals surface area (Å²) in [6, 6.07) is 4.13. The van der Waals surface area contributed by atoms with Crippen LogP contribution in [0.25, 0.3) is 0 Å². The van der Waals surface area contributed by atoms with E-state index in [1.165, 1.54) is 7.11 Å². The van der Waals surface area contributed by atoms with Crippen LogP contribution < -0.4 is 16.0 Å². The Morgan fingerprint density at radius 1 is 1.42 bits per heavy atom. The number of fused-ring (bicyclic) bond motifs is 1. The summed E-state index contributed by atoms with van der Waals surface area (Å²) >= 11 is 0. The number of ether oxygens (including phenoxy) is 1. The third kappa shape index (κ3) is 3.22. The van der Waals surface area contributed by atoms with Crippen molar-refractivity contribution in [3.63, 3.8) is 0 Å². The van der Waals surface area contributed by atoms with Gasteiger partial charge in [0.05, 0.1) is 24.2 Å². The standard InChI is InChI=1S/C17H25N3O3S/c1-11-5-6-13-15(20(11)17(21)23-2)8-7-14(16(13)18)19-12-4-3-9-24(22)10-12/h7-8,11-12,19H,3-6,9-10,18H2,1-2H3. The molecule has 6 nitrogen and oxygen atoms in total. The second-order valence-corrected chi connectivity index (χ2v) is 8.17. The topological polar surface area (TPSA) is 84.7 Å². The number of nitrogens with two attached hydrogens (primary N) is 1. The van der Waals surface area contributed by atoms with Crippen LogP contribution in [0.4, 0.5) is 21.9 Å². The molecule has 2 heterocycles. The lowest BCUT2D eigenvalue weighted by Gasteiger charge is -2.35. The molecule has 0 bridgehead atoms. The van der Waals surface area contributed by atoms with Gasteiger partial charge >= 0.3 is 6.09 Å². The second-order valence-electron chi connectivity index (χ2n) is 6.55. The van der Waals surface area contributed by atoms with E-state index in [0.717, 1.165) is 48.4 Å². The monoisotopic (exact) mass is 351 g/mol. The maximum Gasteiger partial charge on any atom is 0.414 e. The molecule has 1 amide bonds. The molecule has 1 aromatic carbocycles. The molecule has 0 aromatic heterocycles. The summed E-state index contributed by atoms with van der Waals surface area (Å²) in [5, 5.41) is 3.45. The first-order valence-electron chi connectivity index (χ1n) is 8.41. The van der Waals surface area contributed by atoms with Gasteiger partial charge < -0.3 is 15.8 Å². The van der Waals surface area contributed by atoms with Crippen LogP contribution in [0.5, 0.6) is 0 Å². The van der Waals surface area contributed by atoms with Crippen molar-refractivity contribution < 1.29 is 13.7 Å². The van der Waals surface area contributed by atoms with Crippen LogP contribution in [0, 0.1) is 0 Å². The Hall–Kier alpha value is -1.76. The number of hydrogen-bond donors (Lipinski definition) is 2. The Bertz CT molecular complexity index is 665. The molecule has 3 N–H and O–H groups in total. The Balaban J connectivity index is 1.87. The quantitative estimate of drug-likeness (QED) is 0.800. The minimum atomic E-state index is -0.743. The molecule has 3 rings (SSSR count). The lowest BCUT2D eigenvalue weighted by Crippen LogP contribution is -2.42. The zero-order valence-corrected chi connectivity index (χ0v) is 15.0. The highest BCUT2D eigenvalue weighted by molar-refractivity contribution is 7.85. The van der Waals surface area contributed by atoms with Gasteiger partial charge in [-0.3, -0.25) is 9.11 Å². The molecule has 0 aliphatic carbocycles. The number of nitrogens with one attached hydrogen (secondary N) is 1. The van der Waals surface area contributed by atoms with E-state index >= 15 is 0 Å². The van der Waals surface area contributed by atoms with Gasteiger partial charge in [0.25, 0.3) is 0 Å². The number of methoxy groups -OCH3 is 1. The van der Waals surface area contributed by atoms with Crippen molar-refractivity contribution in [3.05, 3.63) is 17.7 Å². The number of benzene rings is 1. The predicted octanol–water partition coefficient (Wildman–Crippen LogP) is 2.50. The molecule has 3 atom stereocenters. The molecule has 1 fully saturated rings. The maximum atomic E-state index is 12.1. The summed E-state index contributed by atoms with van der Waals surface area (Å²) in [4.78, 5) is 13.8. The van der Waals surface area contributed by atoms with Crippen molar-refractivity contribution >= 4 is 34.0 Å². The highest BCUT2D eigenvalue weighted by atomic mass is 32.2. The molecular weight excluding hydrogens is 326 g/mol. The van der Waals surface area contributed by atoms with Gasteiger partial charge in [-0.1, -0.05) is 0 Å². The van der Waals surface area contributed by atoms with Crippen LogP contribution in [0.1, 0.15) is 31.7 Å². The fraction of sp³-hybridized carbons (Fsp3) is 0.588. The van der Waals surface area contributed by atoms with E-state index in [1.807, 2.05) is 19.1 Å². The molecule has 0 radical (unpaired) electrons. The van der Waals surface area contributed by atoms with E-state index in [-0.39, 0.29) is 18.2 Å². The number of carbonyl (C=O) groups is 1. The third-order valence-corrected chi connectivity index (χ3v) is 6.41. The largest absolute Gasteiger partial charge is 0.452 e. The first-order chi connectivity index (χ1) is 11.5. The average molecular weight is 351 g/mol. The van der Waals surface area contributed by atoms with Crippen LogP contribution in [-0.2, 0) is 22.0 Å². The smallest absolute Gasteiger partial charge is 0.414 e. The summed E-state index contributed by atoms with van der Waals surface area (Å²) in [5.41, 5.74) is 9.76. The SMILES string of the molecule is COC(=O)N1c2ccc(NC3CCCS(=O)C3)c(N)c2CCC1C. The number of amides is 1. The summed E-state index contributed by atoms with van der Waals surface area (Å²) in [6.45, 7) is 2.01. The summed E-state index contributed by atoms with van der Waals surface area (Å²) in [6.07, 6.45) is 3.31. The van der Waals surface area contributed by atoms with Crippen LogP contribution in [0.2, 0.25) is 0 Å². The van der Waals surface area contributed by atoms with E-state index < -0.39 is 10.8 Å². The van der Waals surface area contributed by atoms with E-state index in [0.29, 0.717) is 11.4 Å². The van der Waals surface area contributed by atoms with Crippen LogP contribution >= 0.6 is 0 Å². The van der Waals surface area contributed by atoms with Gasteiger partial charge in [-0.2, -0.15) is 0 Å². The van der Waals surface area contributed by atoms with Gasteiger partial charge in [0.15, 0.2) is 0 Å². The average Bonchev–Trinajstić information content (AvgIpc) is 2.57. The molecule has 132 valence electrons. The maximum absolute atomic E-state index is 12.1. The normalized spacial score (nSPS) is 26.6. The van der Waals surface area contributed by atoms with Gasteiger partial charge in [-0.15, -0.1) is 0 Å². The highest BCUT2D eigenvalue weighted by Crippen LogP contribution is 2.38. The summed E-state index contributed by atoms with van der Waals surface area (Å²) < 4.78 is 16.7. The molecule has 0 spiro atoms. The molecule has 1 aromatic rings. The number of rotatable bonds is 2. The minimum absolute atomic E-state index is 0.0870. The summed E-state index contributed by atoms with van der Waals surface area (Å²) in [5.74, 6) is 1.46.